The Morgan fingerprint density at radius 2 is 1.84 bits per heavy atom. The van der Waals surface area contributed by atoms with Gasteiger partial charge < -0.3 is 4.90 Å². The first-order valence-electron chi connectivity index (χ1n) is 10.3. The molecule has 2 aromatic heterocycles. The molecule has 1 aromatic carbocycles. The van der Waals surface area contributed by atoms with Crippen molar-refractivity contribution in [3.05, 3.63) is 77.9 Å². The maximum Gasteiger partial charge on any atom is 0.256 e. The molecule has 1 aliphatic heterocycles. The second kappa shape index (κ2) is 8.79. The van der Waals surface area contributed by atoms with Gasteiger partial charge in [-0.05, 0) is 48.7 Å². The summed E-state index contributed by atoms with van der Waals surface area (Å²) in [4.78, 5) is 27.4. The fourth-order valence-corrected chi connectivity index (χ4v) is 4.28. The molecule has 32 heavy (non-hydrogen) atoms. The van der Waals surface area contributed by atoms with E-state index in [2.05, 4.69) is 21.0 Å². The lowest BCUT2D eigenvalue weighted by molar-refractivity contribution is 0.0623. The van der Waals surface area contributed by atoms with E-state index in [9.17, 15) is 18.8 Å². The minimum atomic E-state index is -0.818. The normalized spacial score (nSPS) is 16.2. The molecule has 0 spiro atoms. The Morgan fingerprint density at radius 1 is 1.12 bits per heavy atom. The van der Waals surface area contributed by atoms with E-state index in [-0.39, 0.29) is 11.8 Å². The van der Waals surface area contributed by atoms with Crippen LogP contribution in [0.2, 0.25) is 0 Å². The highest BCUT2D eigenvalue weighted by atomic mass is 19.1. The second-order valence-electron chi connectivity index (χ2n) is 7.98. The van der Waals surface area contributed by atoms with Gasteiger partial charge in [-0.2, -0.15) is 5.26 Å². The molecule has 0 saturated carbocycles. The number of pyridine rings is 1. The first kappa shape index (κ1) is 21.5. The Morgan fingerprint density at radius 3 is 2.47 bits per heavy atom. The van der Waals surface area contributed by atoms with Gasteiger partial charge in [-0.3, -0.25) is 9.78 Å². The van der Waals surface area contributed by atoms with Crippen molar-refractivity contribution in [2.45, 2.75) is 25.7 Å². The van der Waals surface area contributed by atoms with Gasteiger partial charge in [0.25, 0.3) is 5.91 Å². The monoisotopic (exact) mass is 433 g/mol. The Hall–Kier alpha value is -3.73. The fraction of sp³-hybridized carbons (Fsp3) is 0.292. The predicted molar refractivity (Wildman–Crippen MR) is 113 cm³/mol. The van der Waals surface area contributed by atoms with Gasteiger partial charge >= 0.3 is 0 Å². The number of carbonyl (C=O) groups excluding carboxylic acids is 1. The van der Waals surface area contributed by atoms with Gasteiger partial charge in [0.1, 0.15) is 23.7 Å². The number of amides is 1. The maximum absolute atomic E-state index is 13.7. The minimum absolute atomic E-state index is 0.192. The van der Waals surface area contributed by atoms with Crippen molar-refractivity contribution in [1.82, 2.24) is 19.9 Å². The van der Waals surface area contributed by atoms with Gasteiger partial charge in [-0.25, -0.2) is 18.7 Å². The highest BCUT2D eigenvalue weighted by Crippen LogP contribution is 2.44. The summed E-state index contributed by atoms with van der Waals surface area (Å²) in [7, 11) is 0. The molecule has 3 heterocycles. The summed E-state index contributed by atoms with van der Waals surface area (Å²) in [5, 5.41) is 9.98. The molecule has 1 saturated heterocycles. The Bertz CT molecular complexity index is 1150. The average molecular weight is 433 g/mol. The lowest BCUT2D eigenvalue weighted by Crippen LogP contribution is -2.44. The van der Waals surface area contributed by atoms with Crippen LogP contribution in [0.5, 0.6) is 0 Å². The van der Waals surface area contributed by atoms with Crippen LogP contribution in [0.3, 0.4) is 0 Å². The number of hydrogen-bond donors (Lipinski definition) is 0. The Kier molecular flexibility index (Phi) is 5.91. The number of hydrogen-bond acceptors (Lipinski definition) is 5. The summed E-state index contributed by atoms with van der Waals surface area (Å²) in [6, 6.07) is 10.8. The second-order valence-corrected chi connectivity index (χ2v) is 7.98. The van der Waals surface area contributed by atoms with Crippen molar-refractivity contribution >= 4 is 5.91 Å². The minimum Gasteiger partial charge on any atom is -0.338 e. The van der Waals surface area contributed by atoms with E-state index in [1.807, 2.05) is 6.92 Å². The maximum atomic E-state index is 13.7. The van der Waals surface area contributed by atoms with Gasteiger partial charge in [-0.1, -0.05) is 6.92 Å². The first-order valence-corrected chi connectivity index (χ1v) is 10.3. The molecule has 1 aliphatic rings. The SMILES string of the molecule is C[C@H](c1cc(F)cc(F)c1)C1(C#N)CCN(C(=O)c2cccnc2-c2ccncn2)CC1. The number of likely N-dealkylation sites (tertiary alicyclic amines) is 1. The molecule has 0 radical (unpaired) electrons. The molecule has 0 bridgehead atoms. The predicted octanol–water partition coefficient (Wildman–Crippen LogP) is 4.37. The third-order valence-electron chi connectivity index (χ3n) is 6.24. The van der Waals surface area contributed by atoms with E-state index >= 15 is 0 Å². The molecular formula is C24H21F2N5O. The molecule has 1 fully saturated rings. The van der Waals surface area contributed by atoms with E-state index in [4.69, 9.17) is 0 Å². The van der Waals surface area contributed by atoms with Gasteiger partial charge in [0.2, 0.25) is 0 Å². The lowest BCUT2D eigenvalue weighted by atomic mass is 9.68. The molecule has 3 aromatic rings. The third kappa shape index (κ3) is 4.06. The summed E-state index contributed by atoms with van der Waals surface area (Å²) in [5.74, 6) is -1.91. The van der Waals surface area contributed by atoms with Crippen LogP contribution in [-0.4, -0.2) is 38.8 Å². The summed E-state index contributed by atoms with van der Waals surface area (Å²) < 4.78 is 27.5. The molecule has 0 unspecified atom stereocenters. The molecule has 1 atom stereocenters. The quantitative estimate of drug-likeness (QED) is 0.610. The molecule has 1 amide bonds. The van der Waals surface area contributed by atoms with Gasteiger partial charge in [0.05, 0.1) is 22.7 Å². The van der Waals surface area contributed by atoms with Crippen LogP contribution >= 0.6 is 0 Å². The Balaban J connectivity index is 1.55. The van der Waals surface area contributed by atoms with E-state index < -0.39 is 17.0 Å². The topological polar surface area (TPSA) is 82.8 Å². The standard InChI is InChI=1S/C24H21F2N5O/c1-16(17-11-18(25)13-19(26)12-17)24(14-27)5-9-31(10-6-24)23(32)20-3-2-7-29-22(20)21-4-8-28-15-30-21/h2-4,7-8,11-13,15-16H,5-6,9-10H2,1H3/t16-/m1/s1. The molecular weight excluding hydrogens is 412 g/mol. The van der Waals surface area contributed by atoms with Crippen molar-refractivity contribution in [3.8, 4) is 17.5 Å². The highest BCUT2D eigenvalue weighted by molar-refractivity contribution is 5.99. The van der Waals surface area contributed by atoms with Crippen LogP contribution < -0.4 is 0 Å². The third-order valence-corrected chi connectivity index (χ3v) is 6.24. The number of rotatable bonds is 4. The number of nitriles is 1. The van der Waals surface area contributed by atoms with E-state index in [1.54, 1.807) is 35.5 Å². The average Bonchev–Trinajstić information content (AvgIpc) is 2.83. The van der Waals surface area contributed by atoms with Crippen molar-refractivity contribution in [2.24, 2.45) is 5.41 Å². The van der Waals surface area contributed by atoms with Crippen molar-refractivity contribution in [3.63, 3.8) is 0 Å². The molecule has 8 heteroatoms. The molecule has 0 aliphatic carbocycles. The van der Waals surface area contributed by atoms with E-state index in [0.29, 0.717) is 48.4 Å². The van der Waals surface area contributed by atoms with E-state index in [1.165, 1.54) is 18.5 Å². The zero-order chi connectivity index (χ0) is 22.7. The van der Waals surface area contributed by atoms with Crippen molar-refractivity contribution in [1.29, 1.82) is 5.26 Å². The summed E-state index contributed by atoms with van der Waals surface area (Å²) in [6.07, 6.45) is 5.39. The zero-order valence-corrected chi connectivity index (χ0v) is 17.5. The molecule has 162 valence electrons. The molecule has 0 N–H and O–H groups in total. The first-order chi connectivity index (χ1) is 15.4. The zero-order valence-electron chi connectivity index (χ0n) is 17.5. The lowest BCUT2D eigenvalue weighted by Gasteiger charge is -2.41. The highest BCUT2D eigenvalue weighted by Gasteiger charge is 2.42. The number of aromatic nitrogens is 3. The number of nitrogens with zero attached hydrogens (tertiary/aromatic N) is 5. The van der Waals surface area contributed by atoms with E-state index in [0.717, 1.165) is 6.07 Å². The number of piperidine rings is 1. The summed E-state index contributed by atoms with van der Waals surface area (Å²) >= 11 is 0. The number of benzene rings is 1. The summed E-state index contributed by atoms with van der Waals surface area (Å²) in [6.45, 7) is 2.52. The van der Waals surface area contributed by atoms with Crippen LogP contribution in [0, 0.1) is 28.4 Å². The molecule has 6 nitrogen and oxygen atoms in total. The van der Waals surface area contributed by atoms with Crippen LogP contribution in [0.25, 0.3) is 11.4 Å². The Labute approximate surface area is 184 Å². The van der Waals surface area contributed by atoms with Crippen molar-refractivity contribution in [2.75, 3.05) is 13.1 Å². The van der Waals surface area contributed by atoms with Gasteiger partial charge in [0, 0.05) is 37.5 Å². The molecule has 4 rings (SSSR count). The number of halogens is 2. The van der Waals surface area contributed by atoms with Gasteiger partial charge in [0.15, 0.2) is 0 Å². The van der Waals surface area contributed by atoms with Crippen LogP contribution in [-0.2, 0) is 0 Å². The largest absolute Gasteiger partial charge is 0.338 e. The van der Waals surface area contributed by atoms with Crippen LogP contribution in [0.15, 0.2) is 55.1 Å². The summed E-state index contributed by atoms with van der Waals surface area (Å²) in [5.41, 5.74) is 1.08. The smallest absolute Gasteiger partial charge is 0.256 e. The van der Waals surface area contributed by atoms with Crippen LogP contribution in [0.1, 0.15) is 41.6 Å². The van der Waals surface area contributed by atoms with Crippen molar-refractivity contribution < 1.29 is 13.6 Å². The van der Waals surface area contributed by atoms with Gasteiger partial charge in [-0.15, -0.1) is 0 Å². The number of carbonyl (C=O) groups is 1. The fourth-order valence-electron chi connectivity index (χ4n) is 4.28. The van der Waals surface area contributed by atoms with Crippen LogP contribution in [0.4, 0.5) is 8.78 Å².